The Bertz CT molecular complexity index is 2580. The van der Waals surface area contributed by atoms with Crippen molar-refractivity contribution in [2.75, 3.05) is 18.0 Å². The minimum atomic E-state index is -4.39. The Morgan fingerprint density at radius 1 is 0.836 bits per heavy atom. The van der Waals surface area contributed by atoms with Crippen LogP contribution in [0.5, 0.6) is 5.75 Å². The van der Waals surface area contributed by atoms with E-state index in [9.17, 15) is 30.7 Å². The van der Waals surface area contributed by atoms with Crippen LogP contribution in [0.2, 0.25) is 0 Å². The van der Waals surface area contributed by atoms with Gasteiger partial charge in [-0.1, -0.05) is 66.2 Å². The van der Waals surface area contributed by atoms with Crippen LogP contribution < -0.4 is 9.64 Å². The van der Waals surface area contributed by atoms with Crippen molar-refractivity contribution in [2.45, 2.75) is 127 Å². The van der Waals surface area contributed by atoms with Gasteiger partial charge in [-0.25, -0.2) is 0 Å². The molecule has 0 amide bonds. The number of carbonyl (C=O) groups is 1. The van der Waals surface area contributed by atoms with E-state index in [1.807, 2.05) is 38.1 Å². The number of Topliss-reactive ketones (excluding diaryl/α,β-unsaturated/α-hetero) is 1. The zero-order valence-electron chi connectivity index (χ0n) is 36.8. The largest absolute Gasteiger partial charge is 0.457 e. The molecule has 1 aliphatic carbocycles. The average Bonchev–Trinajstić information content (AvgIpc) is 3.55. The fourth-order valence-electron chi connectivity index (χ4n) is 8.76. The highest BCUT2D eigenvalue weighted by molar-refractivity contribution is 7.86. The van der Waals surface area contributed by atoms with Gasteiger partial charge in [0.15, 0.2) is 5.71 Å². The quantitative estimate of drug-likeness (QED) is 0.106. The van der Waals surface area contributed by atoms with Crippen molar-refractivity contribution in [1.29, 1.82) is 0 Å². The summed E-state index contributed by atoms with van der Waals surface area (Å²) < 4.78 is 77.7. The van der Waals surface area contributed by atoms with Gasteiger partial charge in [0.25, 0.3) is 20.2 Å². The first-order valence-corrected chi connectivity index (χ1v) is 24.4. The number of fused-ring (bicyclic) bond motifs is 2. The van der Waals surface area contributed by atoms with E-state index in [4.69, 9.17) is 4.74 Å². The van der Waals surface area contributed by atoms with Gasteiger partial charge < -0.3 is 9.64 Å². The standard InChI is InChI=1S/C49H60N2O8S2/c1-9-11-30-51-43-25-23-39(61(56,57)58)32-41(43)49(7,8)46(51)28-19-36-14-12-13-35(47(36)59-37-20-15-34(16-21-37)17-26-44(52)33(3)4)18-27-45-48(5,6)40-31-38(60(53,54)55)22-24-42(40)50(45)29-10-2/h15-16,18-25,27-28,31-33H,9-14,17,26,29-30H2,1-8H3,(H-,53,54,55,56,57,58)/p+1. The molecule has 0 atom stereocenters. The van der Waals surface area contributed by atoms with E-state index < -0.39 is 31.1 Å². The Kier molecular flexibility index (Phi) is 13.5. The maximum absolute atomic E-state index is 12.4. The van der Waals surface area contributed by atoms with Crippen molar-refractivity contribution < 1.29 is 40.0 Å². The molecule has 61 heavy (non-hydrogen) atoms. The third-order valence-corrected chi connectivity index (χ3v) is 14.0. The molecule has 2 N–H and O–H groups in total. The number of rotatable bonds is 16. The molecule has 12 heteroatoms. The molecule has 0 unspecified atom stereocenters. The normalized spacial score (nSPS) is 18.8. The molecule has 326 valence electrons. The predicted molar refractivity (Wildman–Crippen MR) is 242 cm³/mol. The minimum absolute atomic E-state index is 0.00491. The third-order valence-electron chi connectivity index (χ3n) is 12.3. The Morgan fingerprint density at radius 2 is 1.49 bits per heavy atom. The zero-order valence-corrected chi connectivity index (χ0v) is 38.4. The Labute approximate surface area is 362 Å². The van der Waals surface area contributed by atoms with Gasteiger partial charge in [0.05, 0.1) is 15.2 Å². The summed E-state index contributed by atoms with van der Waals surface area (Å²) >= 11 is 0. The smallest absolute Gasteiger partial charge is 0.294 e. The number of hydrogen-bond donors (Lipinski definition) is 2. The van der Waals surface area contributed by atoms with Crippen LogP contribution in [0.15, 0.2) is 117 Å². The Hall–Kier alpha value is -4.62. The van der Waals surface area contributed by atoms with Crippen molar-refractivity contribution in [3.63, 3.8) is 0 Å². The van der Waals surface area contributed by atoms with E-state index in [-0.39, 0.29) is 21.5 Å². The summed E-state index contributed by atoms with van der Waals surface area (Å²) in [4.78, 5) is 14.4. The fourth-order valence-corrected chi connectivity index (χ4v) is 9.77. The number of nitrogens with zero attached hydrogens (tertiary/aromatic N) is 2. The zero-order chi connectivity index (χ0) is 44.5. The van der Waals surface area contributed by atoms with Gasteiger partial charge >= 0.3 is 0 Å². The summed E-state index contributed by atoms with van der Waals surface area (Å²) in [5.74, 6) is 1.64. The van der Waals surface area contributed by atoms with E-state index in [1.54, 1.807) is 24.3 Å². The molecule has 0 fully saturated rings. The van der Waals surface area contributed by atoms with Crippen LogP contribution in [0, 0.1) is 5.92 Å². The number of aryl methyl sites for hydroxylation is 1. The number of allylic oxidation sites excluding steroid dienone is 7. The summed E-state index contributed by atoms with van der Waals surface area (Å²) in [5, 5.41) is 0. The van der Waals surface area contributed by atoms with Gasteiger partial charge in [0.2, 0.25) is 5.69 Å². The number of ketones is 1. The summed E-state index contributed by atoms with van der Waals surface area (Å²) in [6.45, 7) is 17.8. The Morgan fingerprint density at radius 3 is 2.11 bits per heavy atom. The molecule has 3 aliphatic rings. The van der Waals surface area contributed by atoms with Crippen molar-refractivity contribution >= 4 is 43.1 Å². The lowest BCUT2D eigenvalue weighted by molar-refractivity contribution is -0.437. The number of anilines is 1. The Balaban J connectivity index is 1.45. The molecule has 2 aliphatic heterocycles. The molecule has 0 aromatic heterocycles. The summed E-state index contributed by atoms with van der Waals surface area (Å²) in [7, 11) is -8.79. The monoisotopic (exact) mass is 869 g/mol. The molecular weight excluding hydrogens is 809 g/mol. The molecule has 0 spiro atoms. The lowest BCUT2D eigenvalue weighted by atomic mass is 9.81. The first kappa shape index (κ1) is 45.9. The minimum Gasteiger partial charge on any atom is -0.457 e. The number of benzene rings is 3. The van der Waals surface area contributed by atoms with Crippen molar-refractivity contribution in [3.8, 4) is 5.75 Å². The summed E-state index contributed by atoms with van der Waals surface area (Å²) in [6.07, 6.45) is 14.8. The number of ether oxygens (including phenoxy) is 1. The van der Waals surface area contributed by atoms with Gasteiger partial charge in [-0.2, -0.15) is 21.4 Å². The van der Waals surface area contributed by atoms with Crippen LogP contribution in [-0.2, 0) is 42.3 Å². The second-order valence-electron chi connectivity index (χ2n) is 17.8. The number of unbranched alkanes of at least 4 members (excludes halogenated alkanes) is 1. The van der Waals surface area contributed by atoms with E-state index in [0.717, 1.165) is 108 Å². The molecule has 0 saturated heterocycles. The van der Waals surface area contributed by atoms with E-state index in [0.29, 0.717) is 18.6 Å². The second kappa shape index (κ2) is 18.0. The highest BCUT2D eigenvalue weighted by atomic mass is 32.2. The highest BCUT2D eigenvalue weighted by Gasteiger charge is 2.45. The molecule has 0 bridgehead atoms. The van der Waals surface area contributed by atoms with Crippen LogP contribution in [0.1, 0.15) is 117 Å². The van der Waals surface area contributed by atoms with Gasteiger partial charge in [-0.15, -0.1) is 0 Å². The van der Waals surface area contributed by atoms with Crippen molar-refractivity contribution in [2.24, 2.45) is 5.92 Å². The van der Waals surface area contributed by atoms with Crippen molar-refractivity contribution in [1.82, 2.24) is 0 Å². The molecule has 10 nitrogen and oxygen atoms in total. The number of hydrogen-bond acceptors (Lipinski definition) is 7. The van der Waals surface area contributed by atoms with E-state index >= 15 is 0 Å². The molecular formula is C49H61N2O8S2+. The molecule has 0 radical (unpaired) electrons. The van der Waals surface area contributed by atoms with Gasteiger partial charge in [-0.3, -0.25) is 13.9 Å². The molecule has 0 saturated carbocycles. The number of carbonyl (C=O) groups excluding carboxylic acids is 1. The maximum atomic E-state index is 12.4. The first-order valence-electron chi connectivity index (χ1n) is 21.5. The van der Waals surface area contributed by atoms with Gasteiger partial charge in [0.1, 0.15) is 23.8 Å². The van der Waals surface area contributed by atoms with Crippen molar-refractivity contribution in [3.05, 3.63) is 124 Å². The lowest BCUT2D eigenvalue weighted by Gasteiger charge is -2.27. The van der Waals surface area contributed by atoms with Gasteiger partial charge in [0, 0.05) is 59.8 Å². The van der Waals surface area contributed by atoms with Crippen LogP contribution in [-0.4, -0.2) is 55.1 Å². The topological polar surface area (TPSA) is 141 Å². The van der Waals surface area contributed by atoms with E-state index in [1.165, 1.54) is 12.1 Å². The van der Waals surface area contributed by atoms with Crippen LogP contribution in [0.25, 0.3) is 0 Å². The molecule has 2 heterocycles. The average molecular weight is 870 g/mol. The SMILES string of the molecule is CCCCN1/C(=C/C=C2\CCCC(/C=C/C3=[N+](CCC)c4ccc(S(=O)(=O)O)cc4C3(C)C)=C2Oc2ccc(CCC(=O)C(C)C)cc2)C(C)(C)c2cc(S(=O)(=O)O)ccc21. The second-order valence-corrected chi connectivity index (χ2v) is 20.6. The van der Waals surface area contributed by atoms with Crippen LogP contribution in [0.4, 0.5) is 11.4 Å². The highest BCUT2D eigenvalue weighted by Crippen LogP contribution is 2.49. The van der Waals surface area contributed by atoms with Crippen LogP contribution >= 0.6 is 0 Å². The molecule has 3 aromatic carbocycles. The fraction of sp³-hybridized carbons (Fsp3) is 0.429. The van der Waals surface area contributed by atoms with Crippen LogP contribution in [0.3, 0.4) is 0 Å². The van der Waals surface area contributed by atoms with E-state index in [2.05, 4.69) is 75.3 Å². The summed E-state index contributed by atoms with van der Waals surface area (Å²) in [5.41, 5.74) is 7.41. The lowest BCUT2D eigenvalue weighted by Crippen LogP contribution is -2.28. The maximum Gasteiger partial charge on any atom is 0.294 e. The molecule has 6 rings (SSSR count). The van der Waals surface area contributed by atoms with Gasteiger partial charge in [-0.05, 0) is 123 Å². The third kappa shape index (κ3) is 9.73. The first-order chi connectivity index (χ1) is 28.7. The predicted octanol–water partition coefficient (Wildman–Crippen LogP) is 10.6. The summed E-state index contributed by atoms with van der Waals surface area (Å²) in [6, 6.07) is 17.6. The molecule has 3 aromatic rings.